The molecule has 1 aromatic rings. The first kappa shape index (κ1) is 15.1. The number of benzene rings is 1. The van der Waals surface area contributed by atoms with E-state index in [0.717, 1.165) is 11.8 Å². The Balaban J connectivity index is 2.28. The first-order chi connectivity index (χ1) is 10.0. The normalized spacial score (nSPS) is 16.6. The molecule has 7 heteroatoms. The van der Waals surface area contributed by atoms with E-state index in [1.165, 1.54) is 6.08 Å². The van der Waals surface area contributed by atoms with Gasteiger partial charge in [0.2, 0.25) is 0 Å². The number of carboxylic acid groups (broad SMARTS) is 1. The van der Waals surface area contributed by atoms with Gasteiger partial charge in [-0.1, -0.05) is 18.2 Å². The number of ether oxygens (including phenoxy) is 1. The van der Waals surface area contributed by atoms with E-state index in [0.29, 0.717) is 22.8 Å². The predicted molar refractivity (Wildman–Crippen MR) is 77.9 cm³/mol. The molecule has 6 nitrogen and oxygen atoms in total. The molecule has 21 heavy (non-hydrogen) atoms. The molecule has 0 unspecified atom stereocenters. The van der Waals surface area contributed by atoms with Crippen LogP contribution in [-0.2, 0) is 9.59 Å². The maximum Gasteiger partial charge on any atom is 0.323 e. The van der Waals surface area contributed by atoms with Crippen LogP contribution in [-0.4, -0.2) is 40.3 Å². The summed E-state index contributed by atoms with van der Waals surface area (Å²) in [6.45, 7) is 1.69. The molecule has 0 aliphatic carbocycles. The Morgan fingerprint density at radius 2 is 2.10 bits per heavy atom. The van der Waals surface area contributed by atoms with Crippen molar-refractivity contribution < 1.29 is 24.2 Å². The van der Waals surface area contributed by atoms with Crippen LogP contribution in [0.3, 0.4) is 0 Å². The summed E-state index contributed by atoms with van der Waals surface area (Å²) in [5, 5.41) is 8.12. The van der Waals surface area contributed by atoms with Gasteiger partial charge in [-0.2, -0.15) is 0 Å². The number of para-hydroxylation sites is 1. The number of nitrogens with zero attached hydrogens (tertiary/aromatic N) is 1. The topological polar surface area (TPSA) is 83.9 Å². The van der Waals surface area contributed by atoms with Crippen molar-refractivity contribution in [3.8, 4) is 5.75 Å². The van der Waals surface area contributed by atoms with Crippen LogP contribution in [0.2, 0.25) is 0 Å². The zero-order valence-electron chi connectivity index (χ0n) is 11.2. The van der Waals surface area contributed by atoms with Gasteiger partial charge in [-0.15, -0.1) is 0 Å². The number of thioether (sulfide) groups is 1. The molecular weight excluding hydrogens is 294 g/mol. The molecule has 2 amide bonds. The van der Waals surface area contributed by atoms with Crippen molar-refractivity contribution in [3.63, 3.8) is 0 Å². The predicted octanol–water partition coefficient (Wildman–Crippen LogP) is 2.21. The summed E-state index contributed by atoms with van der Waals surface area (Å²) in [6, 6.07) is 7.11. The number of rotatable bonds is 5. The van der Waals surface area contributed by atoms with Crippen LogP contribution in [0, 0.1) is 0 Å². The van der Waals surface area contributed by atoms with Crippen molar-refractivity contribution in [1.82, 2.24) is 4.90 Å². The largest absolute Gasteiger partial charge is 0.493 e. The fourth-order valence-electron chi connectivity index (χ4n) is 1.80. The Morgan fingerprint density at radius 3 is 2.76 bits per heavy atom. The monoisotopic (exact) mass is 307 g/mol. The molecule has 1 N–H and O–H groups in total. The van der Waals surface area contributed by atoms with Gasteiger partial charge in [-0.05, 0) is 30.8 Å². The van der Waals surface area contributed by atoms with Crippen molar-refractivity contribution in [3.05, 3.63) is 34.7 Å². The van der Waals surface area contributed by atoms with Crippen LogP contribution in [0.25, 0.3) is 6.08 Å². The zero-order chi connectivity index (χ0) is 15.4. The van der Waals surface area contributed by atoms with E-state index in [1.54, 1.807) is 24.3 Å². The lowest BCUT2D eigenvalue weighted by Gasteiger charge is -2.08. The fourth-order valence-corrected chi connectivity index (χ4v) is 2.63. The lowest BCUT2D eigenvalue weighted by molar-refractivity contribution is -0.140. The highest BCUT2D eigenvalue weighted by Crippen LogP contribution is 2.33. The summed E-state index contributed by atoms with van der Waals surface area (Å²) in [4.78, 5) is 35.3. The SMILES string of the molecule is CCOc1ccccc1/C=C1/SC(=O)N(CC(=O)O)C1=O. The quantitative estimate of drug-likeness (QED) is 0.840. The maximum absolute atomic E-state index is 12.0. The number of aliphatic carboxylic acids is 1. The molecule has 0 aromatic heterocycles. The van der Waals surface area contributed by atoms with E-state index in [2.05, 4.69) is 0 Å². The summed E-state index contributed by atoms with van der Waals surface area (Å²) < 4.78 is 5.44. The first-order valence-electron chi connectivity index (χ1n) is 6.22. The summed E-state index contributed by atoms with van der Waals surface area (Å²) in [5.74, 6) is -1.22. The van der Waals surface area contributed by atoms with Gasteiger partial charge in [-0.3, -0.25) is 19.3 Å². The third kappa shape index (κ3) is 3.43. The van der Waals surface area contributed by atoms with Gasteiger partial charge in [0.1, 0.15) is 12.3 Å². The van der Waals surface area contributed by atoms with E-state index < -0.39 is 23.7 Å². The number of carboxylic acids is 1. The second-order valence-corrected chi connectivity index (χ2v) is 5.13. The van der Waals surface area contributed by atoms with Crippen LogP contribution >= 0.6 is 11.8 Å². The minimum absolute atomic E-state index is 0.188. The number of hydrogen-bond donors (Lipinski definition) is 1. The van der Waals surface area contributed by atoms with Gasteiger partial charge in [0.05, 0.1) is 11.5 Å². The molecule has 2 rings (SSSR count). The Bertz CT molecular complexity index is 626. The van der Waals surface area contributed by atoms with Gasteiger partial charge in [0.25, 0.3) is 11.1 Å². The molecule has 0 bridgehead atoms. The van der Waals surface area contributed by atoms with Crippen LogP contribution in [0.15, 0.2) is 29.2 Å². The summed E-state index contributed by atoms with van der Waals surface area (Å²) in [6.07, 6.45) is 1.54. The molecular formula is C14H13NO5S. The fraction of sp³-hybridized carbons (Fsp3) is 0.214. The first-order valence-corrected chi connectivity index (χ1v) is 7.03. The standard InChI is InChI=1S/C14H13NO5S/c1-2-20-10-6-4-3-5-9(10)7-11-13(18)15(8-12(16)17)14(19)21-11/h3-7H,2,8H2,1H3,(H,16,17)/b11-7+. The third-order valence-electron chi connectivity index (χ3n) is 2.67. The van der Waals surface area contributed by atoms with Crippen molar-refractivity contribution in [2.45, 2.75) is 6.92 Å². The second-order valence-electron chi connectivity index (χ2n) is 4.13. The molecule has 0 saturated carbocycles. The Kier molecular flexibility index (Phi) is 4.64. The molecule has 110 valence electrons. The Labute approximate surface area is 125 Å². The summed E-state index contributed by atoms with van der Waals surface area (Å²) >= 11 is 0.725. The third-order valence-corrected chi connectivity index (χ3v) is 3.58. The second kappa shape index (κ2) is 6.45. The zero-order valence-corrected chi connectivity index (χ0v) is 12.1. The highest BCUT2D eigenvalue weighted by atomic mass is 32.2. The molecule has 1 aliphatic heterocycles. The minimum Gasteiger partial charge on any atom is -0.493 e. The van der Waals surface area contributed by atoms with Gasteiger partial charge in [0.15, 0.2) is 0 Å². The molecule has 1 aliphatic rings. The average molecular weight is 307 g/mol. The lowest BCUT2D eigenvalue weighted by Crippen LogP contribution is -2.33. The maximum atomic E-state index is 12.0. The number of hydrogen-bond acceptors (Lipinski definition) is 5. The summed E-state index contributed by atoms with van der Waals surface area (Å²) in [7, 11) is 0. The number of amides is 2. The van der Waals surface area contributed by atoms with Crippen LogP contribution in [0.4, 0.5) is 4.79 Å². The van der Waals surface area contributed by atoms with Crippen LogP contribution < -0.4 is 4.74 Å². The minimum atomic E-state index is -1.23. The lowest BCUT2D eigenvalue weighted by atomic mass is 10.2. The van der Waals surface area contributed by atoms with E-state index in [9.17, 15) is 14.4 Å². The number of carbonyl (C=O) groups is 3. The van der Waals surface area contributed by atoms with E-state index in [1.807, 2.05) is 6.92 Å². The van der Waals surface area contributed by atoms with Crippen molar-refractivity contribution in [2.75, 3.05) is 13.2 Å². The molecule has 0 spiro atoms. The molecule has 0 radical (unpaired) electrons. The van der Waals surface area contributed by atoms with Gasteiger partial charge in [-0.25, -0.2) is 0 Å². The highest BCUT2D eigenvalue weighted by molar-refractivity contribution is 8.18. The molecule has 1 aromatic carbocycles. The molecule has 1 heterocycles. The average Bonchev–Trinajstić information content (AvgIpc) is 2.69. The number of carbonyl (C=O) groups excluding carboxylic acids is 2. The van der Waals surface area contributed by atoms with Crippen LogP contribution in [0.1, 0.15) is 12.5 Å². The molecule has 1 saturated heterocycles. The highest BCUT2D eigenvalue weighted by Gasteiger charge is 2.36. The Hall–Kier alpha value is -2.28. The van der Waals surface area contributed by atoms with Crippen molar-refractivity contribution in [2.24, 2.45) is 0 Å². The molecule has 0 atom stereocenters. The van der Waals surface area contributed by atoms with Gasteiger partial charge in [0, 0.05) is 5.56 Å². The van der Waals surface area contributed by atoms with E-state index >= 15 is 0 Å². The van der Waals surface area contributed by atoms with Crippen LogP contribution in [0.5, 0.6) is 5.75 Å². The van der Waals surface area contributed by atoms with Crippen molar-refractivity contribution in [1.29, 1.82) is 0 Å². The van der Waals surface area contributed by atoms with E-state index in [-0.39, 0.29) is 4.91 Å². The number of imide groups is 1. The smallest absolute Gasteiger partial charge is 0.323 e. The van der Waals surface area contributed by atoms with E-state index in [4.69, 9.17) is 9.84 Å². The van der Waals surface area contributed by atoms with Crippen molar-refractivity contribution >= 4 is 35.0 Å². The van der Waals surface area contributed by atoms with Gasteiger partial charge >= 0.3 is 5.97 Å². The molecule has 1 fully saturated rings. The van der Waals surface area contributed by atoms with Gasteiger partial charge < -0.3 is 9.84 Å². The Morgan fingerprint density at radius 1 is 1.38 bits per heavy atom. The summed E-state index contributed by atoms with van der Waals surface area (Å²) in [5.41, 5.74) is 0.667.